The fraction of sp³-hybridized carbons (Fsp3) is 0.667. The zero-order valence-electron chi connectivity index (χ0n) is 15.2. The van der Waals surface area contributed by atoms with Crippen molar-refractivity contribution in [2.45, 2.75) is 38.2 Å². The number of ether oxygens (including phenoxy) is 1. The van der Waals surface area contributed by atoms with E-state index < -0.39 is 6.43 Å². The highest BCUT2D eigenvalue weighted by Gasteiger charge is 2.28. The quantitative estimate of drug-likeness (QED) is 0.862. The highest BCUT2D eigenvalue weighted by Crippen LogP contribution is 2.34. The lowest BCUT2D eigenvalue weighted by molar-refractivity contribution is 0.122. The number of rotatable bonds is 5. The molecule has 1 aliphatic carbocycles. The first kappa shape index (κ1) is 18.4. The van der Waals surface area contributed by atoms with Crippen molar-refractivity contribution in [1.82, 2.24) is 19.6 Å². The summed E-state index contributed by atoms with van der Waals surface area (Å²) in [5, 5.41) is 17.8. The minimum atomic E-state index is -2.67. The maximum atomic E-state index is 13.7. The number of aromatic nitrogens is 4. The molecule has 4 rings (SSSR count). The van der Waals surface area contributed by atoms with Gasteiger partial charge in [-0.05, 0) is 31.6 Å². The predicted molar refractivity (Wildman–Crippen MR) is 95.4 cm³/mol. The molecular formula is C18H25F2N5O2. The largest absolute Gasteiger partial charge is 0.396 e. The van der Waals surface area contributed by atoms with Crippen LogP contribution in [0.4, 0.5) is 14.6 Å². The second-order valence-electron chi connectivity index (χ2n) is 7.24. The number of aliphatic hydroxyl groups excluding tert-OH is 1. The summed E-state index contributed by atoms with van der Waals surface area (Å²) < 4.78 is 36.0. The Kier molecular flexibility index (Phi) is 5.40. The van der Waals surface area contributed by atoms with Gasteiger partial charge >= 0.3 is 0 Å². The van der Waals surface area contributed by atoms with Crippen molar-refractivity contribution in [3.8, 4) is 5.69 Å². The summed E-state index contributed by atoms with van der Waals surface area (Å²) in [7, 11) is 0. The average Bonchev–Trinajstić information content (AvgIpc) is 3.36. The number of anilines is 1. The van der Waals surface area contributed by atoms with Gasteiger partial charge in [-0.1, -0.05) is 0 Å². The van der Waals surface area contributed by atoms with Crippen LogP contribution in [0.15, 0.2) is 18.5 Å². The zero-order valence-corrected chi connectivity index (χ0v) is 15.2. The Morgan fingerprint density at radius 2 is 1.93 bits per heavy atom. The molecule has 0 aromatic carbocycles. The van der Waals surface area contributed by atoms with Crippen LogP contribution in [0, 0.1) is 5.92 Å². The predicted octanol–water partition coefficient (Wildman–Crippen LogP) is 2.57. The molecule has 27 heavy (non-hydrogen) atoms. The van der Waals surface area contributed by atoms with Gasteiger partial charge in [-0.25, -0.2) is 13.5 Å². The molecule has 0 radical (unpaired) electrons. The van der Waals surface area contributed by atoms with Gasteiger partial charge in [-0.15, -0.1) is 0 Å². The summed E-state index contributed by atoms with van der Waals surface area (Å²) in [6.07, 6.45) is 4.11. The normalized spacial score (nSPS) is 23.9. The van der Waals surface area contributed by atoms with Gasteiger partial charge in [0.2, 0.25) is 0 Å². The van der Waals surface area contributed by atoms with Gasteiger partial charge in [0.25, 0.3) is 6.43 Å². The fourth-order valence-electron chi connectivity index (χ4n) is 4.01. The summed E-state index contributed by atoms with van der Waals surface area (Å²) in [5.74, 6) is 1.09. The molecule has 0 bridgehead atoms. The molecule has 9 heteroatoms. The molecule has 2 aliphatic rings. The lowest BCUT2D eigenvalue weighted by Crippen LogP contribution is -2.37. The van der Waals surface area contributed by atoms with Crippen molar-refractivity contribution < 1.29 is 18.6 Å². The van der Waals surface area contributed by atoms with Gasteiger partial charge in [0.05, 0.1) is 31.6 Å². The van der Waals surface area contributed by atoms with Crippen LogP contribution in [0.3, 0.4) is 0 Å². The minimum Gasteiger partial charge on any atom is -0.396 e. The third-order valence-electron chi connectivity index (χ3n) is 5.58. The van der Waals surface area contributed by atoms with Crippen LogP contribution in [0.1, 0.15) is 43.8 Å². The van der Waals surface area contributed by atoms with Crippen LogP contribution in [0.2, 0.25) is 0 Å². The first-order valence-corrected chi connectivity index (χ1v) is 9.52. The molecule has 0 atom stereocenters. The van der Waals surface area contributed by atoms with E-state index in [1.807, 2.05) is 6.07 Å². The first-order valence-electron chi connectivity index (χ1n) is 9.52. The molecule has 2 aromatic rings. The van der Waals surface area contributed by atoms with Gasteiger partial charge in [-0.2, -0.15) is 10.2 Å². The number of hydrogen-bond acceptors (Lipinski definition) is 5. The molecule has 1 saturated carbocycles. The van der Waals surface area contributed by atoms with E-state index in [2.05, 4.69) is 15.1 Å². The number of hydrogen-bond donors (Lipinski definition) is 1. The highest BCUT2D eigenvalue weighted by molar-refractivity contribution is 5.48. The van der Waals surface area contributed by atoms with E-state index in [9.17, 15) is 13.9 Å². The van der Waals surface area contributed by atoms with Gasteiger partial charge in [0, 0.05) is 25.8 Å². The van der Waals surface area contributed by atoms with E-state index in [0.29, 0.717) is 37.9 Å². The van der Waals surface area contributed by atoms with Crippen LogP contribution >= 0.6 is 0 Å². The molecule has 0 spiro atoms. The van der Waals surface area contributed by atoms with E-state index in [-0.39, 0.29) is 18.3 Å². The maximum Gasteiger partial charge on any atom is 0.284 e. The van der Waals surface area contributed by atoms with E-state index in [0.717, 1.165) is 31.5 Å². The van der Waals surface area contributed by atoms with Crippen LogP contribution in [-0.4, -0.2) is 57.6 Å². The molecule has 148 valence electrons. The second kappa shape index (κ2) is 7.93. The standard InChI is InChI=1S/C18H25F2N5O2/c19-18(20)17-15(11-24(22-17)14-3-1-13(12-26)2-4-14)25-16(5-6-21-25)23-7-9-27-10-8-23/h5-6,11,13-14,18,26H,1-4,7-10,12H2/t13-,14-. The lowest BCUT2D eigenvalue weighted by atomic mass is 9.87. The smallest absolute Gasteiger partial charge is 0.284 e. The Balaban J connectivity index is 1.63. The molecule has 2 aromatic heterocycles. The van der Waals surface area contributed by atoms with Gasteiger partial charge in [0.1, 0.15) is 11.5 Å². The van der Waals surface area contributed by atoms with Crippen molar-refractivity contribution >= 4 is 5.82 Å². The molecule has 1 N–H and O–H groups in total. The number of alkyl halides is 2. The molecule has 1 saturated heterocycles. The Morgan fingerprint density at radius 3 is 2.59 bits per heavy atom. The van der Waals surface area contributed by atoms with Gasteiger partial charge in [-0.3, -0.25) is 4.68 Å². The second-order valence-corrected chi connectivity index (χ2v) is 7.24. The van der Waals surface area contributed by atoms with Crippen molar-refractivity contribution in [2.24, 2.45) is 5.92 Å². The molecule has 0 unspecified atom stereocenters. The number of aliphatic hydroxyl groups is 1. The average molecular weight is 381 g/mol. The molecule has 2 fully saturated rings. The summed E-state index contributed by atoms with van der Waals surface area (Å²) in [5.41, 5.74) is 0.0956. The third kappa shape index (κ3) is 3.70. The first-order chi connectivity index (χ1) is 13.2. The van der Waals surface area contributed by atoms with Crippen molar-refractivity contribution in [2.75, 3.05) is 37.8 Å². The Morgan fingerprint density at radius 1 is 1.19 bits per heavy atom. The molecular weight excluding hydrogens is 356 g/mol. The lowest BCUT2D eigenvalue weighted by Gasteiger charge is -2.28. The summed E-state index contributed by atoms with van der Waals surface area (Å²) in [6, 6.07) is 1.92. The third-order valence-corrected chi connectivity index (χ3v) is 5.58. The molecule has 3 heterocycles. The van der Waals surface area contributed by atoms with E-state index in [1.165, 1.54) is 0 Å². The van der Waals surface area contributed by atoms with Crippen molar-refractivity contribution in [1.29, 1.82) is 0 Å². The summed E-state index contributed by atoms with van der Waals surface area (Å²) in [6.45, 7) is 2.82. The monoisotopic (exact) mass is 381 g/mol. The van der Waals surface area contributed by atoms with Crippen molar-refractivity contribution in [3.05, 3.63) is 24.2 Å². The van der Waals surface area contributed by atoms with E-state index in [4.69, 9.17) is 4.74 Å². The Bertz CT molecular complexity index is 749. The van der Waals surface area contributed by atoms with Crippen LogP contribution in [0.5, 0.6) is 0 Å². The fourth-order valence-corrected chi connectivity index (χ4v) is 4.01. The summed E-state index contributed by atoms with van der Waals surface area (Å²) in [4.78, 5) is 2.09. The maximum absolute atomic E-state index is 13.7. The van der Waals surface area contributed by atoms with Crippen LogP contribution in [-0.2, 0) is 4.74 Å². The van der Waals surface area contributed by atoms with E-state index >= 15 is 0 Å². The van der Waals surface area contributed by atoms with Crippen LogP contribution in [0.25, 0.3) is 5.69 Å². The zero-order chi connectivity index (χ0) is 18.8. The number of nitrogens with zero attached hydrogens (tertiary/aromatic N) is 5. The molecule has 0 amide bonds. The van der Waals surface area contributed by atoms with Crippen LogP contribution < -0.4 is 4.90 Å². The Hall–Kier alpha value is -2.00. The van der Waals surface area contributed by atoms with Gasteiger partial charge in [0.15, 0.2) is 5.69 Å². The number of halogens is 2. The minimum absolute atomic E-state index is 0.0847. The topological polar surface area (TPSA) is 68.3 Å². The molecule has 1 aliphatic heterocycles. The van der Waals surface area contributed by atoms with E-state index in [1.54, 1.807) is 21.8 Å². The highest BCUT2D eigenvalue weighted by atomic mass is 19.3. The number of morpholine rings is 1. The summed E-state index contributed by atoms with van der Waals surface area (Å²) >= 11 is 0. The van der Waals surface area contributed by atoms with Crippen molar-refractivity contribution in [3.63, 3.8) is 0 Å². The van der Waals surface area contributed by atoms with Gasteiger partial charge < -0.3 is 14.7 Å². The Labute approximate surface area is 156 Å². The SMILES string of the molecule is OC[C@H]1CC[C@H](n2cc(-n3nccc3N3CCOCC3)c(C(F)F)n2)CC1. The molecule has 7 nitrogen and oxygen atoms in total.